The predicted octanol–water partition coefficient (Wildman–Crippen LogP) is 0.0231. The van der Waals surface area contributed by atoms with E-state index < -0.39 is 12.2 Å². The Kier molecular flexibility index (Phi) is 5.21. The Morgan fingerprint density at radius 3 is 2.06 bits per heavy atom. The third-order valence-corrected chi connectivity index (χ3v) is 2.62. The van der Waals surface area contributed by atoms with Gasteiger partial charge in [0.1, 0.15) is 6.10 Å². The van der Waals surface area contributed by atoms with E-state index in [-0.39, 0.29) is 23.8 Å². The number of phenols is 1. The number of hydrogen-bond donors (Lipinski definition) is 4. The van der Waals surface area contributed by atoms with Gasteiger partial charge in [0.25, 0.3) is 0 Å². The van der Waals surface area contributed by atoms with Crippen LogP contribution in [0.3, 0.4) is 0 Å². The molecule has 0 amide bonds. The molecule has 1 rings (SSSR count). The first-order chi connectivity index (χ1) is 8.54. The van der Waals surface area contributed by atoms with Crippen molar-refractivity contribution in [2.45, 2.75) is 12.2 Å². The normalized spacial score (nSPS) is 14.1. The number of benzene rings is 1. The van der Waals surface area contributed by atoms with Crippen molar-refractivity contribution in [3.8, 4) is 17.2 Å². The van der Waals surface area contributed by atoms with Gasteiger partial charge in [0, 0.05) is 6.54 Å². The first-order valence-corrected chi connectivity index (χ1v) is 5.50. The molecule has 2 unspecified atom stereocenters. The van der Waals surface area contributed by atoms with Crippen LogP contribution in [0.25, 0.3) is 0 Å². The quantitative estimate of drug-likeness (QED) is 0.574. The predicted molar refractivity (Wildman–Crippen MR) is 66.1 cm³/mol. The van der Waals surface area contributed by atoms with E-state index in [0.29, 0.717) is 5.56 Å². The van der Waals surface area contributed by atoms with E-state index in [1.54, 1.807) is 7.05 Å². The van der Waals surface area contributed by atoms with E-state index in [1.165, 1.54) is 26.4 Å². The molecule has 0 radical (unpaired) electrons. The van der Waals surface area contributed by atoms with E-state index in [1.807, 2.05) is 0 Å². The molecule has 0 bridgehead atoms. The maximum atomic E-state index is 9.97. The summed E-state index contributed by atoms with van der Waals surface area (Å²) < 4.78 is 9.96. The van der Waals surface area contributed by atoms with Crippen molar-refractivity contribution < 1.29 is 24.8 Å². The molecule has 1 aromatic rings. The highest BCUT2D eigenvalue weighted by molar-refractivity contribution is 5.53. The highest BCUT2D eigenvalue weighted by atomic mass is 16.5. The van der Waals surface area contributed by atoms with Gasteiger partial charge in [-0.3, -0.25) is 0 Å². The number of aliphatic hydroxyl groups is 2. The Balaban J connectivity index is 3.08. The zero-order valence-electron chi connectivity index (χ0n) is 10.7. The third kappa shape index (κ3) is 3.04. The molecule has 0 spiro atoms. The largest absolute Gasteiger partial charge is 0.502 e. The molecule has 4 N–H and O–H groups in total. The van der Waals surface area contributed by atoms with Crippen LogP contribution >= 0.6 is 0 Å². The molecule has 0 saturated heterocycles. The number of aliphatic hydroxyl groups excluding tert-OH is 2. The highest BCUT2D eigenvalue weighted by Crippen LogP contribution is 2.39. The summed E-state index contributed by atoms with van der Waals surface area (Å²) in [4.78, 5) is 0. The number of nitrogens with one attached hydrogen (secondary N) is 1. The molecule has 0 heterocycles. The van der Waals surface area contributed by atoms with Crippen molar-refractivity contribution in [2.75, 3.05) is 27.8 Å². The van der Waals surface area contributed by atoms with Crippen LogP contribution in [0.2, 0.25) is 0 Å². The van der Waals surface area contributed by atoms with Gasteiger partial charge >= 0.3 is 0 Å². The maximum absolute atomic E-state index is 9.97. The zero-order chi connectivity index (χ0) is 13.7. The van der Waals surface area contributed by atoms with Crippen LogP contribution < -0.4 is 14.8 Å². The molecule has 2 atom stereocenters. The Labute approximate surface area is 106 Å². The second-order valence-corrected chi connectivity index (χ2v) is 3.84. The van der Waals surface area contributed by atoms with Crippen molar-refractivity contribution in [2.24, 2.45) is 0 Å². The maximum Gasteiger partial charge on any atom is 0.200 e. The minimum absolute atomic E-state index is 0.140. The molecule has 0 saturated carbocycles. The minimum Gasteiger partial charge on any atom is -0.502 e. The van der Waals surface area contributed by atoms with Gasteiger partial charge < -0.3 is 30.1 Å². The van der Waals surface area contributed by atoms with E-state index in [9.17, 15) is 15.3 Å². The Morgan fingerprint density at radius 1 is 1.17 bits per heavy atom. The lowest BCUT2D eigenvalue weighted by atomic mass is 10.0. The van der Waals surface area contributed by atoms with E-state index in [4.69, 9.17) is 9.47 Å². The van der Waals surface area contributed by atoms with Gasteiger partial charge in [-0.15, -0.1) is 0 Å². The molecular weight excluding hydrogens is 238 g/mol. The Bertz CT molecular complexity index is 371. The minimum atomic E-state index is -1.10. The van der Waals surface area contributed by atoms with Gasteiger partial charge in [-0.1, -0.05) is 0 Å². The summed E-state index contributed by atoms with van der Waals surface area (Å²) in [6, 6.07) is 2.92. The number of phenolic OH excluding ortho intramolecular Hbond substituents is 1. The number of aromatic hydroxyl groups is 1. The van der Waals surface area contributed by atoms with Gasteiger partial charge in [-0.25, -0.2) is 0 Å². The fraction of sp³-hybridized carbons (Fsp3) is 0.500. The fourth-order valence-corrected chi connectivity index (χ4v) is 1.63. The van der Waals surface area contributed by atoms with E-state index in [2.05, 4.69) is 5.32 Å². The van der Waals surface area contributed by atoms with Crippen molar-refractivity contribution in [1.29, 1.82) is 0 Å². The van der Waals surface area contributed by atoms with Gasteiger partial charge in [0.15, 0.2) is 11.5 Å². The standard InChI is InChI=1S/C12H19NO5/c1-13-6-8(14)11(15)7-4-9(17-2)12(16)10(5-7)18-3/h4-5,8,11,13-16H,6H2,1-3H3. The second-order valence-electron chi connectivity index (χ2n) is 3.84. The lowest BCUT2D eigenvalue weighted by Crippen LogP contribution is -2.29. The molecule has 6 heteroatoms. The summed E-state index contributed by atoms with van der Waals surface area (Å²) in [6.07, 6.45) is -2.06. The first kappa shape index (κ1) is 14.6. The van der Waals surface area contributed by atoms with Crippen molar-refractivity contribution in [3.05, 3.63) is 17.7 Å². The summed E-state index contributed by atoms with van der Waals surface area (Å²) in [6.45, 7) is 0.243. The van der Waals surface area contributed by atoms with Crippen LogP contribution in [0.15, 0.2) is 12.1 Å². The first-order valence-electron chi connectivity index (χ1n) is 5.50. The Hall–Kier alpha value is -1.50. The third-order valence-electron chi connectivity index (χ3n) is 2.62. The average molecular weight is 257 g/mol. The molecule has 1 aromatic carbocycles. The molecular formula is C12H19NO5. The van der Waals surface area contributed by atoms with Crippen LogP contribution in [0.4, 0.5) is 0 Å². The van der Waals surface area contributed by atoms with E-state index in [0.717, 1.165) is 0 Å². The molecule has 6 nitrogen and oxygen atoms in total. The van der Waals surface area contributed by atoms with Crippen LogP contribution in [-0.4, -0.2) is 49.2 Å². The summed E-state index contributed by atoms with van der Waals surface area (Å²) in [5.41, 5.74) is 0.407. The number of hydrogen-bond acceptors (Lipinski definition) is 6. The van der Waals surface area contributed by atoms with Crippen molar-refractivity contribution in [3.63, 3.8) is 0 Å². The number of methoxy groups -OCH3 is 2. The van der Waals surface area contributed by atoms with Crippen LogP contribution in [0.5, 0.6) is 17.2 Å². The molecule has 0 aliphatic heterocycles. The summed E-state index contributed by atoms with van der Waals surface area (Å²) in [7, 11) is 4.47. The smallest absolute Gasteiger partial charge is 0.200 e. The van der Waals surface area contributed by atoms with Crippen LogP contribution in [0, 0.1) is 0 Å². The van der Waals surface area contributed by atoms with Crippen molar-refractivity contribution >= 4 is 0 Å². The van der Waals surface area contributed by atoms with Crippen molar-refractivity contribution in [1.82, 2.24) is 5.32 Å². The van der Waals surface area contributed by atoms with Gasteiger partial charge in [-0.05, 0) is 24.7 Å². The molecule has 18 heavy (non-hydrogen) atoms. The summed E-state index contributed by atoms with van der Waals surface area (Å²) in [5, 5.41) is 32.2. The van der Waals surface area contributed by atoms with Gasteiger partial charge in [0.2, 0.25) is 5.75 Å². The van der Waals surface area contributed by atoms with Crippen LogP contribution in [0.1, 0.15) is 11.7 Å². The van der Waals surface area contributed by atoms with Gasteiger partial charge in [0.05, 0.1) is 20.3 Å². The Morgan fingerprint density at radius 2 is 1.67 bits per heavy atom. The summed E-state index contributed by atoms with van der Waals surface area (Å²) >= 11 is 0. The fourth-order valence-electron chi connectivity index (χ4n) is 1.63. The average Bonchev–Trinajstić information content (AvgIpc) is 2.38. The molecule has 0 aliphatic carbocycles. The molecule has 0 aliphatic rings. The second kappa shape index (κ2) is 6.44. The lowest BCUT2D eigenvalue weighted by Gasteiger charge is -2.19. The number of likely N-dealkylation sites (N-methyl/N-ethyl adjacent to an activating group) is 1. The number of ether oxygens (including phenoxy) is 2. The number of rotatable bonds is 6. The van der Waals surface area contributed by atoms with Crippen LogP contribution in [-0.2, 0) is 0 Å². The molecule has 0 aromatic heterocycles. The van der Waals surface area contributed by atoms with Gasteiger partial charge in [-0.2, -0.15) is 0 Å². The molecule has 102 valence electrons. The van der Waals surface area contributed by atoms with E-state index >= 15 is 0 Å². The molecule has 0 fully saturated rings. The topological polar surface area (TPSA) is 91.2 Å². The lowest BCUT2D eigenvalue weighted by molar-refractivity contribution is 0.0200. The highest BCUT2D eigenvalue weighted by Gasteiger charge is 2.21. The monoisotopic (exact) mass is 257 g/mol. The zero-order valence-corrected chi connectivity index (χ0v) is 10.7. The SMILES string of the molecule is CNCC(O)C(O)c1cc(OC)c(O)c(OC)c1. The summed E-state index contributed by atoms with van der Waals surface area (Å²) in [5.74, 6) is 0.221.